The van der Waals surface area contributed by atoms with Gasteiger partial charge in [0.2, 0.25) is 11.5 Å². The van der Waals surface area contributed by atoms with Gasteiger partial charge in [-0.15, -0.1) is 0 Å². The van der Waals surface area contributed by atoms with E-state index in [-0.39, 0.29) is 40.8 Å². The smallest absolute Gasteiger partial charge is 0.416 e. The predicted octanol–water partition coefficient (Wildman–Crippen LogP) is 3.56. The number of ketones is 1. The van der Waals surface area contributed by atoms with E-state index in [9.17, 15) is 22.8 Å². The van der Waals surface area contributed by atoms with Crippen molar-refractivity contribution in [3.05, 3.63) is 59.0 Å². The van der Waals surface area contributed by atoms with E-state index in [1.54, 1.807) is 6.92 Å². The standard InChI is InChI=1S/C19H15F3N4O4/c1-2-29-18(28)15-14(17(30-25-15)10-3-4-10)16(27)12-6-5-11(19(20,21)22)7-13(12)26-9-23-8-24-26/h5-10H,2-4H2,1H3. The number of ether oxygens (including phenoxy) is 1. The third kappa shape index (κ3) is 3.58. The number of halogens is 3. The van der Waals surface area contributed by atoms with Gasteiger partial charge in [-0.1, -0.05) is 5.16 Å². The fraction of sp³-hybridized carbons (Fsp3) is 0.316. The second kappa shape index (κ2) is 7.39. The fourth-order valence-electron chi connectivity index (χ4n) is 3.04. The van der Waals surface area contributed by atoms with E-state index < -0.39 is 23.5 Å². The molecule has 30 heavy (non-hydrogen) atoms. The predicted molar refractivity (Wildman–Crippen MR) is 94.2 cm³/mol. The average molecular weight is 420 g/mol. The second-order valence-electron chi connectivity index (χ2n) is 6.66. The molecule has 0 atom stereocenters. The van der Waals surface area contributed by atoms with Crippen molar-refractivity contribution >= 4 is 11.8 Å². The molecule has 0 spiro atoms. The minimum absolute atomic E-state index is 0.0581. The molecule has 2 aromatic heterocycles. The van der Waals surface area contributed by atoms with E-state index >= 15 is 0 Å². The highest BCUT2D eigenvalue weighted by molar-refractivity contribution is 6.16. The summed E-state index contributed by atoms with van der Waals surface area (Å²) >= 11 is 0. The monoisotopic (exact) mass is 420 g/mol. The average Bonchev–Trinajstić information content (AvgIpc) is 3.23. The summed E-state index contributed by atoms with van der Waals surface area (Å²) in [5.41, 5.74) is -1.60. The number of carbonyl (C=O) groups is 2. The lowest BCUT2D eigenvalue weighted by Gasteiger charge is -2.13. The SMILES string of the molecule is CCOC(=O)c1noc(C2CC2)c1C(=O)c1ccc(C(F)(F)F)cc1-n1cncn1. The van der Waals surface area contributed by atoms with Crippen LogP contribution in [-0.2, 0) is 10.9 Å². The Hall–Kier alpha value is -3.50. The van der Waals surface area contributed by atoms with Gasteiger partial charge in [0.15, 0.2) is 5.76 Å². The highest BCUT2D eigenvalue weighted by atomic mass is 19.4. The molecule has 0 aliphatic heterocycles. The largest absolute Gasteiger partial charge is 0.461 e. The van der Waals surface area contributed by atoms with E-state index in [1.165, 1.54) is 6.33 Å². The van der Waals surface area contributed by atoms with Crippen molar-refractivity contribution in [2.75, 3.05) is 6.61 Å². The Balaban J connectivity index is 1.86. The summed E-state index contributed by atoms with van der Waals surface area (Å²) in [6, 6.07) is 2.64. The molecule has 0 radical (unpaired) electrons. The Morgan fingerprint density at radius 3 is 2.67 bits per heavy atom. The zero-order chi connectivity index (χ0) is 21.5. The maximum atomic E-state index is 13.4. The van der Waals surface area contributed by atoms with Gasteiger partial charge in [0, 0.05) is 11.5 Å². The molecule has 156 valence electrons. The third-order valence-corrected chi connectivity index (χ3v) is 4.60. The normalized spacial score (nSPS) is 14.0. The molecule has 4 rings (SSSR count). The number of nitrogens with zero attached hydrogens (tertiary/aromatic N) is 4. The molecule has 1 aromatic carbocycles. The molecule has 8 nitrogen and oxygen atoms in total. The number of esters is 1. The zero-order valence-corrected chi connectivity index (χ0v) is 15.6. The third-order valence-electron chi connectivity index (χ3n) is 4.60. The van der Waals surface area contributed by atoms with Crippen molar-refractivity contribution in [3.63, 3.8) is 0 Å². The van der Waals surface area contributed by atoms with Crippen LogP contribution in [0.3, 0.4) is 0 Å². The molecule has 1 aliphatic rings. The molecule has 0 bridgehead atoms. The van der Waals surface area contributed by atoms with Gasteiger partial charge < -0.3 is 9.26 Å². The van der Waals surface area contributed by atoms with Crippen LogP contribution in [0.2, 0.25) is 0 Å². The maximum Gasteiger partial charge on any atom is 0.416 e. The Morgan fingerprint density at radius 2 is 2.07 bits per heavy atom. The van der Waals surface area contributed by atoms with Gasteiger partial charge in [0.1, 0.15) is 18.2 Å². The first kappa shape index (κ1) is 19.8. The van der Waals surface area contributed by atoms with Crippen molar-refractivity contribution < 1.29 is 32.0 Å². The summed E-state index contributed by atoms with van der Waals surface area (Å²) < 4.78 is 50.9. The van der Waals surface area contributed by atoms with Crippen molar-refractivity contribution in [2.45, 2.75) is 31.9 Å². The fourth-order valence-corrected chi connectivity index (χ4v) is 3.04. The number of benzene rings is 1. The lowest BCUT2D eigenvalue weighted by molar-refractivity contribution is -0.137. The molecule has 0 amide bonds. The first-order valence-electron chi connectivity index (χ1n) is 9.09. The van der Waals surface area contributed by atoms with E-state index in [0.29, 0.717) is 0 Å². The van der Waals surface area contributed by atoms with Crippen LogP contribution >= 0.6 is 0 Å². The van der Waals surface area contributed by atoms with Gasteiger partial charge in [-0.3, -0.25) is 4.79 Å². The highest BCUT2D eigenvalue weighted by Gasteiger charge is 2.39. The van der Waals surface area contributed by atoms with Crippen molar-refractivity contribution in [1.29, 1.82) is 0 Å². The topological polar surface area (TPSA) is 100 Å². The van der Waals surface area contributed by atoms with Gasteiger partial charge >= 0.3 is 12.1 Å². The molecule has 0 unspecified atom stereocenters. The second-order valence-corrected chi connectivity index (χ2v) is 6.66. The Morgan fingerprint density at radius 1 is 1.30 bits per heavy atom. The number of rotatable bonds is 6. The molecular formula is C19H15F3N4O4. The summed E-state index contributed by atoms with van der Waals surface area (Å²) in [4.78, 5) is 29.4. The van der Waals surface area contributed by atoms with Crippen LogP contribution in [0, 0.1) is 0 Å². The van der Waals surface area contributed by atoms with Crippen molar-refractivity contribution in [2.24, 2.45) is 0 Å². The lowest BCUT2D eigenvalue weighted by Crippen LogP contribution is -2.16. The molecule has 3 aromatic rings. The molecule has 2 heterocycles. The van der Waals surface area contributed by atoms with E-state index in [4.69, 9.17) is 9.26 Å². The minimum Gasteiger partial charge on any atom is -0.461 e. The summed E-state index contributed by atoms with van der Waals surface area (Å²) in [5.74, 6) is -1.40. The molecular weight excluding hydrogens is 405 g/mol. The summed E-state index contributed by atoms with van der Waals surface area (Å²) in [6.07, 6.45) is -0.813. The van der Waals surface area contributed by atoms with Gasteiger partial charge in [0.05, 0.1) is 17.9 Å². The number of aromatic nitrogens is 4. The maximum absolute atomic E-state index is 13.4. The molecule has 1 fully saturated rings. The molecule has 1 aliphatic carbocycles. The summed E-state index contributed by atoms with van der Waals surface area (Å²) in [7, 11) is 0. The quantitative estimate of drug-likeness (QED) is 0.444. The van der Waals surface area contributed by atoms with Crippen LogP contribution in [0.15, 0.2) is 35.4 Å². The van der Waals surface area contributed by atoms with Gasteiger partial charge in [0.25, 0.3) is 0 Å². The Labute approximate surface area is 167 Å². The van der Waals surface area contributed by atoms with E-state index in [0.717, 1.165) is 42.0 Å². The molecule has 1 saturated carbocycles. The minimum atomic E-state index is -4.62. The first-order chi connectivity index (χ1) is 14.3. The van der Waals surface area contributed by atoms with Crippen LogP contribution in [0.25, 0.3) is 5.69 Å². The van der Waals surface area contributed by atoms with Gasteiger partial charge in [-0.05, 0) is 38.0 Å². The van der Waals surface area contributed by atoms with Crippen LogP contribution in [-0.4, -0.2) is 38.3 Å². The van der Waals surface area contributed by atoms with Crippen LogP contribution in [0.5, 0.6) is 0 Å². The number of alkyl halides is 3. The van der Waals surface area contributed by atoms with Gasteiger partial charge in [-0.2, -0.15) is 18.3 Å². The van der Waals surface area contributed by atoms with Crippen LogP contribution in [0.1, 0.15) is 63.4 Å². The number of carbonyl (C=O) groups excluding carboxylic acids is 2. The van der Waals surface area contributed by atoms with Gasteiger partial charge in [-0.25, -0.2) is 14.5 Å². The molecule has 11 heteroatoms. The van der Waals surface area contributed by atoms with E-state index in [1.807, 2.05) is 0 Å². The molecule has 0 N–H and O–H groups in total. The lowest BCUT2D eigenvalue weighted by atomic mass is 9.97. The Kier molecular flexibility index (Phi) is 4.88. The summed E-state index contributed by atoms with van der Waals surface area (Å²) in [6.45, 7) is 1.66. The van der Waals surface area contributed by atoms with E-state index in [2.05, 4.69) is 15.2 Å². The van der Waals surface area contributed by atoms with Crippen molar-refractivity contribution in [3.8, 4) is 5.69 Å². The summed E-state index contributed by atoms with van der Waals surface area (Å²) in [5, 5.41) is 7.55. The zero-order valence-electron chi connectivity index (χ0n) is 15.6. The highest BCUT2D eigenvalue weighted by Crippen LogP contribution is 2.43. The first-order valence-corrected chi connectivity index (χ1v) is 9.09. The number of hydrogen-bond acceptors (Lipinski definition) is 7. The van der Waals surface area contributed by atoms with Crippen LogP contribution < -0.4 is 0 Å². The number of hydrogen-bond donors (Lipinski definition) is 0. The van der Waals surface area contributed by atoms with Crippen LogP contribution in [0.4, 0.5) is 13.2 Å². The van der Waals surface area contributed by atoms with Crippen molar-refractivity contribution in [1.82, 2.24) is 19.9 Å². The Bertz CT molecular complexity index is 1100. The molecule has 0 saturated heterocycles.